The summed E-state index contributed by atoms with van der Waals surface area (Å²) in [6.45, 7) is 9.06. The van der Waals surface area contributed by atoms with Crippen LogP contribution in [0.3, 0.4) is 0 Å². The zero-order valence-electron chi connectivity index (χ0n) is 25.0. The number of rotatable bonds is 20. The first-order valence-electron chi connectivity index (χ1n) is 15.9. The lowest BCUT2D eigenvalue weighted by atomic mass is 10.0. The molecule has 0 amide bonds. The summed E-state index contributed by atoms with van der Waals surface area (Å²) in [4.78, 5) is 28.0. The van der Waals surface area contributed by atoms with E-state index in [-0.39, 0.29) is 36.4 Å². The van der Waals surface area contributed by atoms with Gasteiger partial charge in [0.2, 0.25) is 0 Å². The average molecular weight is 563 g/mol. The molecular weight excluding hydrogens is 508 g/mol. The lowest BCUT2D eigenvalue weighted by Gasteiger charge is -2.36. The van der Waals surface area contributed by atoms with Crippen LogP contribution in [0.5, 0.6) is 0 Å². The summed E-state index contributed by atoms with van der Waals surface area (Å²) in [6, 6.07) is 0. The number of carbonyl (C=O) groups excluding carboxylic acids is 2. The number of β-amino-alcohol motifs (C(OH)–C–C–N with tert-alkyl or cyclic N) is 2. The molecule has 1 fully saturated rings. The van der Waals surface area contributed by atoms with E-state index in [1.807, 2.05) is 26.0 Å². The van der Waals surface area contributed by atoms with Gasteiger partial charge in [-0.1, -0.05) is 51.4 Å². The second kappa shape index (κ2) is 17.9. The molecule has 4 atom stereocenters. The lowest BCUT2D eigenvalue weighted by Crippen LogP contribution is -2.50. The van der Waals surface area contributed by atoms with Crippen molar-refractivity contribution in [3.63, 3.8) is 0 Å². The van der Waals surface area contributed by atoms with Gasteiger partial charge in [-0.15, -0.1) is 0 Å². The van der Waals surface area contributed by atoms with E-state index in [2.05, 4.69) is 9.80 Å². The van der Waals surface area contributed by atoms with Crippen molar-refractivity contribution in [1.82, 2.24) is 9.80 Å². The number of hydrogen-bond acceptors (Lipinski definition) is 8. The highest BCUT2D eigenvalue weighted by Crippen LogP contribution is 2.21. The van der Waals surface area contributed by atoms with Crippen molar-refractivity contribution in [2.75, 3.05) is 39.3 Å². The third-order valence-electron chi connectivity index (χ3n) is 8.35. The first-order valence-corrected chi connectivity index (χ1v) is 15.9. The topological polar surface area (TPSA) is 99.5 Å². The fourth-order valence-corrected chi connectivity index (χ4v) is 6.02. The van der Waals surface area contributed by atoms with Crippen molar-refractivity contribution in [1.29, 1.82) is 0 Å². The van der Waals surface area contributed by atoms with E-state index in [0.717, 1.165) is 140 Å². The highest BCUT2D eigenvalue weighted by atomic mass is 16.6. The number of ether oxygens (including phenoxy) is 2. The van der Waals surface area contributed by atoms with E-state index < -0.39 is 0 Å². The molecule has 0 bridgehead atoms. The second-order valence-corrected chi connectivity index (χ2v) is 12.1. The number of carbonyl (C=O) groups is 2. The van der Waals surface area contributed by atoms with Crippen molar-refractivity contribution >= 4 is 11.9 Å². The third kappa shape index (κ3) is 12.4. The zero-order valence-corrected chi connectivity index (χ0v) is 25.0. The SMILES string of the molecule is C[C@H]1C=C(CCCCCCCC(O)CN2CCN(CC(O)CCCCCCCC3=C[C@H](C)OC3=O)CC2)C(=O)O1. The monoisotopic (exact) mass is 562 g/mol. The smallest absolute Gasteiger partial charge is 0.334 e. The van der Waals surface area contributed by atoms with Gasteiger partial charge in [0.05, 0.1) is 12.2 Å². The maximum atomic E-state index is 11.6. The van der Waals surface area contributed by atoms with E-state index in [9.17, 15) is 19.8 Å². The summed E-state index contributed by atoms with van der Waals surface area (Å²) in [7, 11) is 0. The number of nitrogens with zero attached hydrogens (tertiary/aromatic N) is 2. The number of unbranched alkanes of at least 4 members (excludes halogenated alkanes) is 8. The first kappa shape index (κ1) is 32.8. The predicted octanol–water partition coefficient (Wildman–Crippen LogP) is 4.53. The van der Waals surface area contributed by atoms with Gasteiger partial charge in [-0.2, -0.15) is 0 Å². The van der Waals surface area contributed by atoms with E-state index in [4.69, 9.17) is 9.47 Å². The van der Waals surface area contributed by atoms with Crippen molar-refractivity contribution in [2.45, 2.75) is 128 Å². The van der Waals surface area contributed by atoms with Crippen LogP contribution in [0.25, 0.3) is 0 Å². The Kier molecular flexibility index (Phi) is 14.7. The molecule has 40 heavy (non-hydrogen) atoms. The van der Waals surface area contributed by atoms with Crippen LogP contribution < -0.4 is 0 Å². The number of hydrogen-bond donors (Lipinski definition) is 2. The molecule has 2 unspecified atom stereocenters. The first-order chi connectivity index (χ1) is 19.3. The van der Waals surface area contributed by atoms with Gasteiger partial charge in [0.25, 0.3) is 0 Å². The highest BCUT2D eigenvalue weighted by molar-refractivity contribution is 5.91. The molecule has 0 saturated carbocycles. The van der Waals surface area contributed by atoms with Crippen LogP contribution in [0.4, 0.5) is 0 Å². The van der Waals surface area contributed by atoms with E-state index in [1.54, 1.807) is 0 Å². The van der Waals surface area contributed by atoms with Gasteiger partial charge in [-0.05, 0) is 64.5 Å². The number of aliphatic hydroxyl groups is 2. The summed E-state index contributed by atoms with van der Waals surface area (Å²) >= 11 is 0. The summed E-state index contributed by atoms with van der Waals surface area (Å²) in [6.07, 6.45) is 17.4. The predicted molar refractivity (Wildman–Crippen MR) is 157 cm³/mol. The summed E-state index contributed by atoms with van der Waals surface area (Å²) in [5.74, 6) is -0.296. The minimum atomic E-state index is -0.274. The van der Waals surface area contributed by atoms with E-state index in [0.29, 0.717) is 0 Å². The number of cyclic esters (lactones) is 2. The van der Waals surface area contributed by atoms with Crippen LogP contribution in [0, 0.1) is 0 Å². The Morgan fingerprint density at radius 2 is 1.00 bits per heavy atom. The molecule has 3 aliphatic heterocycles. The maximum absolute atomic E-state index is 11.6. The van der Waals surface area contributed by atoms with Gasteiger partial charge in [-0.25, -0.2) is 9.59 Å². The van der Waals surface area contributed by atoms with Crippen molar-refractivity contribution in [2.24, 2.45) is 0 Å². The van der Waals surface area contributed by atoms with Gasteiger partial charge >= 0.3 is 11.9 Å². The normalized spacial score (nSPS) is 23.6. The average Bonchev–Trinajstić information content (AvgIpc) is 3.41. The van der Waals surface area contributed by atoms with Gasteiger partial charge in [0.1, 0.15) is 12.2 Å². The molecule has 8 heteroatoms. The molecule has 228 valence electrons. The molecule has 3 rings (SSSR count). The maximum Gasteiger partial charge on any atom is 0.334 e. The Labute approximate surface area is 241 Å². The van der Waals surface area contributed by atoms with Crippen LogP contribution in [0.2, 0.25) is 0 Å². The summed E-state index contributed by atoms with van der Waals surface area (Å²) in [5, 5.41) is 21.0. The Hall–Kier alpha value is -1.74. The number of piperazine rings is 1. The Morgan fingerprint density at radius 1 is 0.650 bits per heavy atom. The molecule has 0 aromatic carbocycles. The van der Waals surface area contributed by atoms with Crippen molar-refractivity contribution in [3.05, 3.63) is 23.3 Å². The number of aliphatic hydroxyl groups excluding tert-OH is 2. The lowest BCUT2D eigenvalue weighted by molar-refractivity contribution is -0.140. The molecule has 8 nitrogen and oxygen atoms in total. The summed E-state index contributed by atoms with van der Waals surface area (Å²) < 4.78 is 10.3. The standard InChI is InChI=1S/C32H54N2O6/c1-25-21-27(31(37)39-25)13-9-5-3-7-11-15-29(35)23-33-17-19-34(20-18-33)24-30(36)16-12-8-4-6-10-14-28-22-26(2)40-32(28)38/h21-22,25-26,29-30,35-36H,3-20,23-24H2,1-2H3/t25-,26-,29?,30?/m0/s1. The Morgan fingerprint density at radius 3 is 1.35 bits per heavy atom. The third-order valence-corrected chi connectivity index (χ3v) is 8.35. The van der Waals surface area contributed by atoms with Gasteiger partial charge < -0.3 is 19.7 Å². The molecule has 0 aromatic rings. The Balaban J connectivity index is 1.11. The fourth-order valence-electron chi connectivity index (χ4n) is 6.02. The molecular formula is C32H54N2O6. The van der Waals surface area contributed by atoms with Crippen LogP contribution in [-0.2, 0) is 19.1 Å². The quantitative estimate of drug-likeness (QED) is 0.165. The largest absolute Gasteiger partial charge is 0.455 e. The molecule has 3 aliphatic rings. The van der Waals surface area contributed by atoms with Crippen molar-refractivity contribution in [3.8, 4) is 0 Å². The Bertz CT molecular complexity index is 767. The van der Waals surface area contributed by atoms with Gasteiger partial charge in [0, 0.05) is 50.4 Å². The highest BCUT2D eigenvalue weighted by Gasteiger charge is 2.23. The van der Waals surface area contributed by atoms with E-state index in [1.165, 1.54) is 0 Å². The van der Waals surface area contributed by atoms with Gasteiger partial charge in [-0.3, -0.25) is 9.80 Å². The zero-order chi connectivity index (χ0) is 28.7. The van der Waals surface area contributed by atoms with Crippen LogP contribution in [-0.4, -0.2) is 95.6 Å². The second-order valence-electron chi connectivity index (χ2n) is 12.1. The minimum Gasteiger partial charge on any atom is -0.455 e. The van der Waals surface area contributed by atoms with Crippen molar-refractivity contribution < 1.29 is 29.3 Å². The molecule has 0 aromatic heterocycles. The van der Waals surface area contributed by atoms with Crippen LogP contribution >= 0.6 is 0 Å². The molecule has 0 spiro atoms. The molecule has 0 radical (unpaired) electrons. The van der Waals surface area contributed by atoms with Crippen LogP contribution in [0.1, 0.15) is 104 Å². The molecule has 3 heterocycles. The number of esters is 2. The minimum absolute atomic E-state index is 0.0733. The molecule has 1 saturated heterocycles. The molecule has 2 N–H and O–H groups in total. The van der Waals surface area contributed by atoms with Crippen LogP contribution in [0.15, 0.2) is 23.3 Å². The summed E-state index contributed by atoms with van der Waals surface area (Å²) in [5.41, 5.74) is 1.66. The van der Waals surface area contributed by atoms with E-state index >= 15 is 0 Å². The molecule has 0 aliphatic carbocycles. The van der Waals surface area contributed by atoms with Gasteiger partial charge in [0.15, 0.2) is 0 Å². The fraction of sp³-hybridized carbons (Fsp3) is 0.812.